The zero-order chi connectivity index (χ0) is 26.7. The molecule has 0 nitrogen and oxygen atoms in total. The first kappa shape index (κ1) is 28.3. The number of hydrogen-bond donors (Lipinski definition) is 0. The maximum atomic E-state index is 15.0. The molecule has 0 N–H and O–H groups in total. The van der Waals surface area contributed by atoms with Gasteiger partial charge in [0.15, 0.2) is 0 Å². The number of rotatable bonds is 13. The lowest BCUT2D eigenvalue weighted by molar-refractivity contribution is 0.454. The van der Waals surface area contributed by atoms with Gasteiger partial charge in [0, 0.05) is 5.92 Å². The Balaban J connectivity index is 1.25. The minimum absolute atomic E-state index is 0.0778. The maximum absolute atomic E-state index is 15.0. The molecular formula is C36H44F2. The quantitative estimate of drug-likeness (QED) is 0.157. The van der Waals surface area contributed by atoms with E-state index >= 15 is 0 Å². The summed E-state index contributed by atoms with van der Waals surface area (Å²) in [4.78, 5) is 0. The van der Waals surface area contributed by atoms with Gasteiger partial charge in [0.1, 0.15) is 11.6 Å². The molecule has 2 atom stereocenters. The molecular weight excluding hydrogens is 470 g/mol. The maximum Gasteiger partial charge on any atom is 0.127 e. The predicted molar refractivity (Wildman–Crippen MR) is 158 cm³/mol. The molecule has 0 aliphatic heterocycles. The van der Waals surface area contributed by atoms with E-state index in [0.29, 0.717) is 12.3 Å². The van der Waals surface area contributed by atoms with Crippen molar-refractivity contribution in [1.82, 2.24) is 0 Å². The second-order valence-corrected chi connectivity index (χ2v) is 11.1. The molecule has 0 heterocycles. The number of unbranched alkanes of at least 4 members (excludes halogenated alkanes) is 3. The molecule has 4 rings (SSSR count). The Labute approximate surface area is 229 Å². The van der Waals surface area contributed by atoms with Crippen LogP contribution in [0, 0.1) is 17.6 Å². The normalized spacial score (nSPS) is 17.2. The van der Waals surface area contributed by atoms with E-state index < -0.39 is 0 Å². The highest BCUT2D eigenvalue weighted by atomic mass is 19.1. The number of benzene rings is 3. The van der Waals surface area contributed by atoms with E-state index in [1.807, 2.05) is 18.2 Å². The molecule has 0 radical (unpaired) electrons. The summed E-state index contributed by atoms with van der Waals surface area (Å²) in [5, 5.41) is 0. The van der Waals surface area contributed by atoms with Crippen LogP contribution in [0.25, 0.3) is 11.1 Å². The van der Waals surface area contributed by atoms with Gasteiger partial charge in [-0.3, -0.25) is 0 Å². The molecule has 2 heteroatoms. The molecule has 1 aliphatic rings. The van der Waals surface area contributed by atoms with E-state index in [9.17, 15) is 8.78 Å². The zero-order valence-electron chi connectivity index (χ0n) is 23.3. The Morgan fingerprint density at radius 3 is 2.08 bits per heavy atom. The lowest BCUT2D eigenvalue weighted by atomic mass is 9.82. The van der Waals surface area contributed by atoms with Crippen LogP contribution in [-0.4, -0.2) is 0 Å². The molecule has 3 aromatic rings. The Morgan fingerprint density at radius 1 is 0.632 bits per heavy atom. The fourth-order valence-electron chi connectivity index (χ4n) is 5.79. The Kier molecular flexibility index (Phi) is 10.7. The first-order valence-corrected chi connectivity index (χ1v) is 14.9. The lowest BCUT2D eigenvalue weighted by Crippen LogP contribution is -2.09. The Hall–Kier alpha value is -2.74. The van der Waals surface area contributed by atoms with Crippen LogP contribution in [0.15, 0.2) is 72.8 Å². The van der Waals surface area contributed by atoms with Gasteiger partial charge in [0.05, 0.1) is 0 Å². The summed E-state index contributed by atoms with van der Waals surface area (Å²) < 4.78 is 29.8. The van der Waals surface area contributed by atoms with Gasteiger partial charge in [-0.25, -0.2) is 8.78 Å². The number of allylic oxidation sites excluding steroid dienone is 2. The molecule has 202 valence electrons. The lowest BCUT2D eigenvalue weighted by Gasteiger charge is -2.23. The minimum atomic E-state index is -0.135. The van der Waals surface area contributed by atoms with Crippen LogP contribution in [0.5, 0.6) is 0 Å². The fraction of sp³-hybridized carbons (Fsp3) is 0.444. The largest absolute Gasteiger partial charge is 0.207 e. The van der Waals surface area contributed by atoms with Crippen molar-refractivity contribution in [3.8, 4) is 11.1 Å². The van der Waals surface area contributed by atoms with Crippen molar-refractivity contribution < 1.29 is 8.78 Å². The monoisotopic (exact) mass is 514 g/mol. The summed E-state index contributed by atoms with van der Waals surface area (Å²) in [5.41, 5.74) is 5.92. The van der Waals surface area contributed by atoms with Gasteiger partial charge in [0.25, 0.3) is 0 Å². The van der Waals surface area contributed by atoms with Crippen molar-refractivity contribution in [1.29, 1.82) is 0 Å². The smallest absolute Gasteiger partial charge is 0.127 e. The number of aryl methyl sites for hydroxylation is 3. The van der Waals surface area contributed by atoms with Crippen LogP contribution >= 0.6 is 0 Å². The molecule has 0 fully saturated rings. The van der Waals surface area contributed by atoms with Crippen LogP contribution in [0.1, 0.15) is 99.8 Å². The molecule has 2 unspecified atom stereocenters. The summed E-state index contributed by atoms with van der Waals surface area (Å²) in [6, 6.07) is 19.8. The van der Waals surface area contributed by atoms with Crippen molar-refractivity contribution in [2.75, 3.05) is 0 Å². The van der Waals surface area contributed by atoms with Gasteiger partial charge in [-0.2, -0.15) is 0 Å². The highest BCUT2D eigenvalue weighted by Gasteiger charge is 2.19. The molecule has 0 aromatic heterocycles. The molecule has 0 saturated carbocycles. The van der Waals surface area contributed by atoms with Crippen molar-refractivity contribution in [3.05, 3.63) is 107 Å². The topological polar surface area (TPSA) is 0 Å². The summed E-state index contributed by atoms with van der Waals surface area (Å²) >= 11 is 0. The summed E-state index contributed by atoms with van der Waals surface area (Å²) in [6.07, 6.45) is 17.4. The first-order chi connectivity index (χ1) is 18.6. The summed E-state index contributed by atoms with van der Waals surface area (Å²) in [5.74, 6) is 0.652. The highest BCUT2D eigenvalue weighted by Crippen LogP contribution is 2.34. The van der Waals surface area contributed by atoms with Crippen LogP contribution in [0.3, 0.4) is 0 Å². The molecule has 0 spiro atoms. The third-order valence-corrected chi connectivity index (χ3v) is 8.15. The standard InChI is InChI=1S/C36H44F2/c1-3-5-6-10-28-15-20-31(21-16-28)34-24-17-29(25-36(34)38)11-7-8-12-32-22-23-33(26-35(32)37)30-18-13-27(9-4-2)14-19-30/h13-15,17-20,22-26,28,31H,3-12,16,21H2,1-2H3. The fourth-order valence-corrected chi connectivity index (χ4v) is 5.79. The third-order valence-electron chi connectivity index (χ3n) is 8.15. The summed E-state index contributed by atoms with van der Waals surface area (Å²) in [7, 11) is 0. The predicted octanol–water partition coefficient (Wildman–Crippen LogP) is 10.8. The van der Waals surface area contributed by atoms with Gasteiger partial charge in [-0.15, -0.1) is 0 Å². The first-order valence-electron chi connectivity index (χ1n) is 14.9. The molecule has 38 heavy (non-hydrogen) atoms. The number of halogens is 2. The van der Waals surface area contributed by atoms with E-state index in [4.69, 9.17) is 0 Å². The molecule has 1 aliphatic carbocycles. The van der Waals surface area contributed by atoms with E-state index in [1.54, 1.807) is 12.1 Å². The van der Waals surface area contributed by atoms with Gasteiger partial charge < -0.3 is 0 Å². The van der Waals surface area contributed by atoms with Crippen molar-refractivity contribution in [3.63, 3.8) is 0 Å². The Bertz CT molecular complexity index is 1170. The highest BCUT2D eigenvalue weighted by molar-refractivity contribution is 5.64. The second-order valence-electron chi connectivity index (χ2n) is 11.1. The van der Waals surface area contributed by atoms with Gasteiger partial charge >= 0.3 is 0 Å². The van der Waals surface area contributed by atoms with Crippen molar-refractivity contribution >= 4 is 0 Å². The van der Waals surface area contributed by atoms with E-state index in [2.05, 4.69) is 56.3 Å². The SMILES string of the molecule is CCCCCC1C=CC(c2ccc(CCCCc3ccc(-c4ccc(CCC)cc4)cc3F)cc2F)CC1. The Morgan fingerprint density at radius 2 is 1.39 bits per heavy atom. The van der Waals surface area contributed by atoms with Crippen LogP contribution in [-0.2, 0) is 19.3 Å². The molecule has 0 amide bonds. The molecule has 0 bridgehead atoms. The van der Waals surface area contributed by atoms with Crippen LogP contribution < -0.4 is 0 Å². The van der Waals surface area contributed by atoms with Gasteiger partial charge in [0.2, 0.25) is 0 Å². The van der Waals surface area contributed by atoms with Crippen LogP contribution in [0.4, 0.5) is 8.78 Å². The summed E-state index contributed by atoms with van der Waals surface area (Å²) in [6.45, 7) is 4.42. The third kappa shape index (κ3) is 7.88. The average Bonchev–Trinajstić information content (AvgIpc) is 2.93. The van der Waals surface area contributed by atoms with E-state index in [1.165, 1.54) is 31.2 Å². The van der Waals surface area contributed by atoms with E-state index in [0.717, 1.165) is 72.8 Å². The number of hydrogen-bond acceptors (Lipinski definition) is 0. The molecule has 0 saturated heterocycles. The van der Waals surface area contributed by atoms with Crippen molar-refractivity contribution in [2.45, 2.75) is 96.8 Å². The van der Waals surface area contributed by atoms with Crippen LogP contribution in [0.2, 0.25) is 0 Å². The molecule has 3 aromatic carbocycles. The van der Waals surface area contributed by atoms with Gasteiger partial charge in [-0.05, 0) is 103 Å². The van der Waals surface area contributed by atoms with E-state index in [-0.39, 0.29) is 17.6 Å². The second kappa shape index (κ2) is 14.4. The minimum Gasteiger partial charge on any atom is -0.207 e. The zero-order valence-corrected chi connectivity index (χ0v) is 23.3. The van der Waals surface area contributed by atoms with Crippen molar-refractivity contribution in [2.24, 2.45) is 5.92 Å². The average molecular weight is 515 g/mol. The van der Waals surface area contributed by atoms with Gasteiger partial charge in [-0.1, -0.05) is 100 Å².